The SMILES string of the molecule is O[C@@H]1[C@@H](NCC2CCCCC2)CCC[C@H]1Oc1ccc(Cl)cc1. The lowest BCUT2D eigenvalue weighted by Crippen LogP contribution is -2.52. The van der Waals surface area contributed by atoms with Crippen LogP contribution >= 0.6 is 11.6 Å². The topological polar surface area (TPSA) is 41.5 Å². The van der Waals surface area contributed by atoms with Gasteiger partial charge in [-0.3, -0.25) is 0 Å². The highest BCUT2D eigenvalue weighted by atomic mass is 35.5. The van der Waals surface area contributed by atoms with Crippen LogP contribution in [0.15, 0.2) is 24.3 Å². The van der Waals surface area contributed by atoms with Crippen LogP contribution in [-0.2, 0) is 0 Å². The Hall–Kier alpha value is -0.770. The van der Waals surface area contributed by atoms with Crippen molar-refractivity contribution in [2.24, 2.45) is 5.92 Å². The van der Waals surface area contributed by atoms with Crippen LogP contribution in [0.4, 0.5) is 0 Å². The van der Waals surface area contributed by atoms with Crippen LogP contribution in [0, 0.1) is 5.92 Å². The van der Waals surface area contributed by atoms with E-state index in [0.717, 1.165) is 37.5 Å². The van der Waals surface area contributed by atoms with E-state index in [-0.39, 0.29) is 12.1 Å². The van der Waals surface area contributed by atoms with E-state index in [2.05, 4.69) is 5.32 Å². The molecule has 0 amide bonds. The van der Waals surface area contributed by atoms with Crippen LogP contribution < -0.4 is 10.1 Å². The Morgan fingerprint density at radius 1 is 1.00 bits per heavy atom. The summed E-state index contributed by atoms with van der Waals surface area (Å²) in [4.78, 5) is 0. The van der Waals surface area contributed by atoms with Crippen LogP contribution in [0.2, 0.25) is 5.02 Å². The summed E-state index contributed by atoms with van der Waals surface area (Å²) in [5, 5.41) is 15.0. The van der Waals surface area contributed by atoms with E-state index in [1.54, 1.807) is 0 Å². The van der Waals surface area contributed by atoms with Gasteiger partial charge in [0.2, 0.25) is 0 Å². The molecule has 0 aromatic heterocycles. The van der Waals surface area contributed by atoms with Gasteiger partial charge in [0.25, 0.3) is 0 Å². The largest absolute Gasteiger partial charge is 0.488 e. The molecule has 2 aliphatic carbocycles. The van der Waals surface area contributed by atoms with Crippen LogP contribution in [0.25, 0.3) is 0 Å². The summed E-state index contributed by atoms with van der Waals surface area (Å²) in [5.41, 5.74) is 0. The summed E-state index contributed by atoms with van der Waals surface area (Å²) in [7, 11) is 0. The summed E-state index contributed by atoms with van der Waals surface area (Å²) in [6.07, 6.45) is 9.25. The van der Waals surface area contributed by atoms with Gasteiger partial charge in [0.05, 0.1) is 0 Å². The summed E-state index contributed by atoms with van der Waals surface area (Å²) >= 11 is 5.91. The summed E-state index contributed by atoms with van der Waals surface area (Å²) in [6.45, 7) is 1.04. The number of halogens is 1. The number of ether oxygens (including phenoxy) is 1. The molecular weight excluding hydrogens is 310 g/mol. The molecule has 1 aromatic carbocycles. The van der Waals surface area contributed by atoms with Gasteiger partial charge in [0, 0.05) is 11.1 Å². The fraction of sp³-hybridized carbons (Fsp3) is 0.684. The molecule has 2 fully saturated rings. The first kappa shape index (κ1) is 17.1. The molecule has 0 aliphatic heterocycles. The van der Waals surface area contributed by atoms with E-state index in [1.807, 2.05) is 24.3 Å². The predicted molar refractivity (Wildman–Crippen MR) is 94.1 cm³/mol. The van der Waals surface area contributed by atoms with Crippen molar-refractivity contribution >= 4 is 11.6 Å². The fourth-order valence-corrected chi connectivity index (χ4v) is 4.01. The third kappa shape index (κ3) is 4.85. The van der Waals surface area contributed by atoms with Crippen molar-refractivity contribution in [1.29, 1.82) is 0 Å². The Kier molecular flexibility index (Phi) is 6.21. The van der Waals surface area contributed by atoms with E-state index < -0.39 is 6.10 Å². The molecule has 2 N–H and O–H groups in total. The first-order valence-corrected chi connectivity index (χ1v) is 9.44. The number of nitrogens with one attached hydrogen (secondary N) is 1. The van der Waals surface area contributed by atoms with Crippen LogP contribution in [-0.4, -0.2) is 29.9 Å². The number of benzene rings is 1. The van der Waals surface area contributed by atoms with Crippen molar-refractivity contribution in [1.82, 2.24) is 5.32 Å². The number of aliphatic hydroxyl groups is 1. The Labute approximate surface area is 144 Å². The Morgan fingerprint density at radius 2 is 1.74 bits per heavy atom. The van der Waals surface area contributed by atoms with Gasteiger partial charge in [-0.25, -0.2) is 0 Å². The third-order valence-electron chi connectivity index (χ3n) is 5.29. The second-order valence-corrected chi connectivity index (χ2v) is 7.49. The lowest BCUT2D eigenvalue weighted by atomic mass is 9.87. The highest BCUT2D eigenvalue weighted by Crippen LogP contribution is 2.27. The lowest BCUT2D eigenvalue weighted by molar-refractivity contribution is -0.0164. The minimum absolute atomic E-state index is 0.131. The molecule has 0 spiro atoms. The number of hydrogen-bond donors (Lipinski definition) is 2. The summed E-state index contributed by atoms with van der Waals surface area (Å²) < 4.78 is 6.00. The fourth-order valence-electron chi connectivity index (χ4n) is 3.89. The monoisotopic (exact) mass is 337 g/mol. The molecule has 23 heavy (non-hydrogen) atoms. The van der Waals surface area contributed by atoms with Crippen molar-refractivity contribution in [3.63, 3.8) is 0 Å². The molecule has 3 nitrogen and oxygen atoms in total. The molecule has 2 aliphatic rings. The maximum atomic E-state index is 10.7. The van der Waals surface area contributed by atoms with E-state index in [9.17, 15) is 5.11 Å². The van der Waals surface area contributed by atoms with Gasteiger partial charge in [-0.2, -0.15) is 0 Å². The summed E-state index contributed by atoms with van der Waals surface area (Å²) in [6, 6.07) is 7.54. The zero-order valence-electron chi connectivity index (χ0n) is 13.7. The molecule has 3 rings (SSSR count). The van der Waals surface area contributed by atoms with Crippen LogP contribution in [0.1, 0.15) is 51.4 Å². The molecule has 0 bridgehead atoms. The lowest BCUT2D eigenvalue weighted by Gasteiger charge is -2.36. The zero-order valence-corrected chi connectivity index (χ0v) is 14.5. The molecular formula is C19H28ClNO2. The first-order chi connectivity index (χ1) is 11.2. The molecule has 0 heterocycles. The normalized spacial score (nSPS) is 29.4. The maximum absolute atomic E-state index is 10.7. The molecule has 3 atom stereocenters. The number of hydrogen-bond acceptors (Lipinski definition) is 3. The minimum atomic E-state index is -0.442. The quantitative estimate of drug-likeness (QED) is 0.847. The molecule has 4 heteroatoms. The van der Waals surface area contributed by atoms with E-state index in [1.165, 1.54) is 32.1 Å². The standard InChI is InChI=1S/C19H28ClNO2/c20-15-9-11-16(12-10-15)23-18-8-4-7-17(19(18)22)21-13-14-5-2-1-3-6-14/h9-12,14,17-19,21-22H,1-8,13H2/t17-,18+,19+/m0/s1. The molecule has 1 aromatic rings. The van der Waals surface area contributed by atoms with Gasteiger partial charge >= 0.3 is 0 Å². The van der Waals surface area contributed by atoms with Gasteiger partial charge in [-0.15, -0.1) is 0 Å². The predicted octanol–water partition coefficient (Wildman–Crippen LogP) is 4.17. The van der Waals surface area contributed by atoms with E-state index in [4.69, 9.17) is 16.3 Å². The van der Waals surface area contributed by atoms with Crippen LogP contribution in [0.5, 0.6) is 5.75 Å². The van der Waals surface area contributed by atoms with Gasteiger partial charge in [-0.1, -0.05) is 30.9 Å². The minimum Gasteiger partial charge on any atom is -0.488 e. The van der Waals surface area contributed by atoms with Crippen molar-refractivity contribution in [3.05, 3.63) is 29.3 Å². The van der Waals surface area contributed by atoms with E-state index >= 15 is 0 Å². The average molecular weight is 338 g/mol. The molecule has 2 saturated carbocycles. The van der Waals surface area contributed by atoms with Crippen molar-refractivity contribution in [2.45, 2.75) is 69.6 Å². The Morgan fingerprint density at radius 3 is 2.48 bits per heavy atom. The third-order valence-corrected chi connectivity index (χ3v) is 5.54. The van der Waals surface area contributed by atoms with Gasteiger partial charge in [-0.05, 0) is 68.8 Å². The van der Waals surface area contributed by atoms with Crippen LogP contribution in [0.3, 0.4) is 0 Å². The maximum Gasteiger partial charge on any atom is 0.126 e. The zero-order chi connectivity index (χ0) is 16.1. The number of rotatable bonds is 5. The van der Waals surface area contributed by atoms with Crippen molar-refractivity contribution in [2.75, 3.05) is 6.54 Å². The van der Waals surface area contributed by atoms with Crippen molar-refractivity contribution in [3.8, 4) is 5.75 Å². The first-order valence-electron chi connectivity index (χ1n) is 9.06. The number of aliphatic hydroxyl groups excluding tert-OH is 1. The smallest absolute Gasteiger partial charge is 0.126 e. The second kappa shape index (κ2) is 8.36. The van der Waals surface area contributed by atoms with Gasteiger partial charge in [0.1, 0.15) is 18.0 Å². The molecule has 128 valence electrons. The van der Waals surface area contributed by atoms with E-state index in [0.29, 0.717) is 5.02 Å². The molecule has 0 unspecified atom stereocenters. The van der Waals surface area contributed by atoms with Crippen molar-refractivity contribution < 1.29 is 9.84 Å². The molecule has 0 radical (unpaired) electrons. The summed E-state index contributed by atoms with van der Waals surface area (Å²) in [5.74, 6) is 1.57. The molecule has 0 saturated heterocycles. The second-order valence-electron chi connectivity index (χ2n) is 7.05. The average Bonchev–Trinajstić information content (AvgIpc) is 2.58. The Bertz CT molecular complexity index is 473. The van der Waals surface area contributed by atoms with Gasteiger partial charge < -0.3 is 15.2 Å². The highest BCUT2D eigenvalue weighted by molar-refractivity contribution is 6.30. The van der Waals surface area contributed by atoms with Gasteiger partial charge in [0.15, 0.2) is 0 Å². The highest BCUT2D eigenvalue weighted by Gasteiger charge is 2.33. The Balaban J connectivity index is 1.50.